The van der Waals surface area contributed by atoms with Gasteiger partial charge in [-0.2, -0.15) is 0 Å². The molecule has 150 valence electrons. The molecular weight excluding hydrogens is 403 g/mol. The summed E-state index contributed by atoms with van der Waals surface area (Å²) in [5.74, 6) is 0.294. The molecule has 0 radical (unpaired) electrons. The molecule has 0 aliphatic rings. The summed E-state index contributed by atoms with van der Waals surface area (Å²) in [4.78, 5) is 17.4. The van der Waals surface area contributed by atoms with Gasteiger partial charge in [-0.15, -0.1) is 24.9 Å². The zero-order valence-electron chi connectivity index (χ0n) is 14.9. The fourth-order valence-electron chi connectivity index (χ4n) is 2.46. The fraction of sp³-hybridized carbons (Fsp3) is 0.100. The van der Waals surface area contributed by atoms with Crippen LogP contribution in [0.2, 0.25) is 0 Å². The van der Waals surface area contributed by atoms with Crippen molar-refractivity contribution < 1.29 is 22.7 Å². The number of pyridine rings is 1. The monoisotopic (exact) mass is 419 g/mol. The molecule has 0 saturated heterocycles. The molecule has 0 aliphatic heterocycles. The largest absolute Gasteiger partial charge is 0.573 e. The first-order valence-electron chi connectivity index (χ1n) is 8.39. The number of carbonyl (C=O) groups is 1. The Morgan fingerprint density at radius 2 is 1.83 bits per heavy atom. The standard InChI is InChI=1S/C20H16F3N3O2S/c21-20(22,23)28-15-7-5-14(6-8-15)26-19(27)16-3-1-2-4-17(16)29-12-13-9-10-25-18(24)11-13/h1-11H,12H2,(H2,24,25)(H,26,27). The molecule has 1 amide bonds. The Bertz CT molecular complexity index is 995. The van der Waals surface area contributed by atoms with Crippen molar-refractivity contribution in [2.75, 3.05) is 11.1 Å². The van der Waals surface area contributed by atoms with Crippen LogP contribution in [-0.4, -0.2) is 17.3 Å². The summed E-state index contributed by atoms with van der Waals surface area (Å²) in [6, 6.07) is 15.6. The van der Waals surface area contributed by atoms with Crippen LogP contribution in [0.15, 0.2) is 71.8 Å². The van der Waals surface area contributed by atoms with Crippen LogP contribution in [0.25, 0.3) is 0 Å². The van der Waals surface area contributed by atoms with Gasteiger partial charge in [0.05, 0.1) is 5.56 Å². The maximum atomic E-state index is 12.6. The van der Waals surface area contributed by atoms with Gasteiger partial charge in [-0.05, 0) is 54.1 Å². The number of nitrogen functional groups attached to an aromatic ring is 1. The number of thioether (sulfide) groups is 1. The summed E-state index contributed by atoms with van der Waals surface area (Å²) in [5, 5.41) is 2.68. The van der Waals surface area contributed by atoms with Crippen molar-refractivity contribution in [2.24, 2.45) is 0 Å². The van der Waals surface area contributed by atoms with Gasteiger partial charge in [-0.3, -0.25) is 4.79 Å². The van der Waals surface area contributed by atoms with Gasteiger partial charge < -0.3 is 15.8 Å². The number of anilines is 2. The summed E-state index contributed by atoms with van der Waals surface area (Å²) < 4.78 is 40.5. The number of ether oxygens (including phenoxy) is 1. The van der Waals surface area contributed by atoms with Crippen LogP contribution in [0.5, 0.6) is 5.75 Å². The number of aromatic nitrogens is 1. The third-order valence-electron chi connectivity index (χ3n) is 3.72. The van der Waals surface area contributed by atoms with E-state index in [1.165, 1.54) is 23.9 Å². The number of hydrogen-bond donors (Lipinski definition) is 2. The lowest BCUT2D eigenvalue weighted by molar-refractivity contribution is -0.274. The van der Waals surface area contributed by atoms with Gasteiger partial charge in [0.25, 0.3) is 5.91 Å². The van der Waals surface area contributed by atoms with Crippen LogP contribution in [0.4, 0.5) is 24.7 Å². The van der Waals surface area contributed by atoms with Gasteiger partial charge in [0.15, 0.2) is 0 Å². The van der Waals surface area contributed by atoms with E-state index in [1.807, 2.05) is 18.2 Å². The minimum absolute atomic E-state index is 0.353. The highest BCUT2D eigenvalue weighted by molar-refractivity contribution is 7.98. The van der Waals surface area contributed by atoms with E-state index in [0.29, 0.717) is 22.8 Å². The van der Waals surface area contributed by atoms with E-state index in [4.69, 9.17) is 5.73 Å². The summed E-state index contributed by atoms with van der Waals surface area (Å²) in [6.07, 6.45) is -3.14. The molecule has 0 bridgehead atoms. The van der Waals surface area contributed by atoms with Crippen molar-refractivity contribution in [2.45, 2.75) is 17.0 Å². The van der Waals surface area contributed by atoms with Crippen LogP contribution in [0.3, 0.4) is 0 Å². The van der Waals surface area contributed by atoms with E-state index >= 15 is 0 Å². The second-order valence-corrected chi connectivity index (χ2v) is 6.92. The SMILES string of the molecule is Nc1cc(CSc2ccccc2C(=O)Nc2ccc(OC(F)(F)F)cc2)ccn1. The molecule has 1 aromatic heterocycles. The van der Waals surface area contributed by atoms with Gasteiger partial charge >= 0.3 is 6.36 Å². The molecule has 5 nitrogen and oxygen atoms in total. The fourth-order valence-corrected chi connectivity index (χ4v) is 3.46. The Balaban J connectivity index is 1.68. The first-order valence-corrected chi connectivity index (χ1v) is 9.38. The molecule has 3 N–H and O–H groups in total. The molecule has 29 heavy (non-hydrogen) atoms. The molecule has 0 aliphatic carbocycles. The Morgan fingerprint density at radius 3 is 2.52 bits per heavy atom. The number of halogens is 3. The van der Waals surface area contributed by atoms with Gasteiger partial charge in [0, 0.05) is 22.5 Å². The normalized spacial score (nSPS) is 11.1. The van der Waals surface area contributed by atoms with Crippen LogP contribution in [0.1, 0.15) is 15.9 Å². The number of rotatable bonds is 6. The Kier molecular flexibility index (Phi) is 6.28. The predicted molar refractivity (Wildman–Crippen MR) is 106 cm³/mol. The summed E-state index contributed by atoms with van der Waals surface area (Å²) in [5.41, 5.74) is 7.46. The third kappa shape index (κ3) is 6.15. The average Bonchev–Trinajstić information content (AvgIpc) is 2.67. The second kappa shape index (κ2) is 8.87. The van der Waals surface area contributed by atoms with Crippen molar-refractivity contribution in [3.05, 3.63) is 78.0 Å². The van der Waals surface area contributed by atoms with E-state index in [9.17, 15) is 18.0 Å². The van der Waals surface area contributed by atoms with Crippen molar-refractivity contribution in [3.63, 3.8) is 0 Å². The molecule has 3 rings (SSSR count). The second-order valence-electron chi connectivity index (χ2n) is 5.90. The number of nitrogens with two attached hydrogens (primary N) is 1. The molecule has 2 aromatic carbocycles. The van der Waals surface area contributed by atoms with Gasteiger partial charge in [0.2, 0.25) is 0 Å². The zero-order valence-corrected chi connectivity index (χ0v) is 15.8. The lowest BCUT2D eigenvalue weighted by Crippen LogP contribution is -2.17. The molecule has 0 spiro atoms. The van der Waals surface area contributed by atoms with E-state index in [2.05, 4.69) is 15.0 Å². The quantitative estimate of drug-likeness (QED) is 0.543. The number of carbonyl (C=O) groups excluding carboxylic acids is 1. The minimum atomic E-state index is -4.76. The zero-order chi connectivity index (χ0) is 20.9. The van der Waals surface area contributed by atoms with E-state index in [0.717, 1.165) is 22.6 Å². The molecule has 3 aromatic rings. The predicted octanol–water partition coefficient (Wildman–Crippen LogP) is 5.11. The molecular formula is C20H16F3N3O2S. The topological polar surface area (TPSA) is 77.2 Å². The van der Waals surface area contributed by atoms with Gasteiger partial charge in [-0.1, -0.05) is 12.1 Å². The number of nitrogens with zero attached hydrogens (tertiary/aromatic N) is 1. The first kappa shape index (κ1) is 20.5. The third-order valence-corrected chi connectivity index (χ3v) is 4.86. The Morgan fingerprint density at radius 1 is 1.10 bits per heavy atom. The number of amides is 1. The molecule has 0 unspecified atom stereocenters. The van der Waals surface area contributed by atoms with Crippen LogP contribution in [0, 0.1) is 0 Å². The lowest BCUT2D eigenvalue weighted by Gasteiger charge is -2.12. The van der Waals surface area contributed by atoms with E-state index < -0.39 is 6.36 Å². The Labute approximate surface area is 169 Å². The number of hydrogen-bond acceptors (Lipinski definition) is 5. The van der Waals surface area contributed by atoms with Crippen molar-refractivity contribution in [1.82, 2.24) is 4.98 Å². The van der Waals surface area contributed by atoms with Crippen LogP contribution in [-0.2, 0) is 5.75 Å². The highest BCUT2D eigenvalue weighted by Crippen LogP contribution is 2.28. The van der Waals surface area contributed by atoms with Crippen LogP contribution >= 0.6 is 11.8 Å². The van der Waals surface area contributed by atoms with E-state index in [1.54, 1.807) is 24.4 Å². The highest BCUT2D eigenvalue weighted by atomic mass is 32.2. The van der Waals surface area contributed by atoms with Gasteiger partial charge in [-0.25, -0.2) is 4.98 Å². The molecule has 0 saturated carbocycles. The molecule has 0 fully saturated rings. The number of nitrogens with one attached hydrogen (secondary N) is 1. The molecule has 1 heterocycles. The Hall–Kier alpha value is -3.20. The van der Waals surface area contributed by atoms with Gasteiger partial charge in [0.1, 0.15) is 11.6 Å². The smallest absolute Gasteiger partial charge is 0.406 e. The van der Waals surface area contributed by atoms with Crippen molar-refractivity contribution in [1.29, 1.82) is 0 Å². The number of alkyl halides is 3. The van der Waals surface area contributed by atoms with E-state index in [-0.39, 0.29) is 11.7 Å². The maximum absolute atomic E-state index is 12.6. The summed E-state index contributed by atoms with van der Waals surface area (Å²) in [6.45, 7) is 0. The number of benzene rings is 2. The van der Waals surface area contributed by atoms with Crippen LogP contribution < -0.4 is 15.8 Å². The summed E-state index contributed by atoms with van der Waals surface area (Å²) >= 11 is 1.47. The van der Waals surface area contributed by atoms with Crippen molar-refractivity contribution in [3.8, 4) is 5.75 Å². The lowest BCUT2D eigenvalue weighted by atomic mass is 10.2. The van der Waals surface area contributed by atoms with Crippen molar-refractivity contribution >= 4 is 29.2 Å². The minimum Gasteiger partial charge on any atom is -0.406 e. The summed E-state index contributed by atoms with van der Waals surface area (Å²) in [7, 11) is 0. The maximum Gasteiger partial charge on any atom is 0.573 e. The molecule has 9 heteroatoms. The first-order chi connectivity index (χ1) is 13.8. The highest BCUT2D eigenvalue weighted by Gasteiger charge is 2.31. The molecule has 0 atom stereocenters. The average molecular weight is 419 g/mol.